The molecule has 2 aromatic carbocycles. The smallest absolute Gasteiger partial charge is 0.321 e. The highest BCUT2D eigenvalue weighted by atomic mass is 32.2. The Kier molecular flexibility index (Phi) is 7.74. The third-order valence-electron chi connectivity index (χ3n) is 4.01. The minimum Gasteiger partial charge on any atom is -0.494 e. The second-order valence-corrected chi connectivity index (χ2v) is 8.00. The van der Waals surface area contributed by atoms with Gasteiger partial charge >= 0.3 is 5.97 Å². The summed E-state index contributed by atoms with van der Waals surface area (Å²) in [5.74, 6) is -0.841. The van der Waals surface area contributed by atoms with E-state index in [-0.39, 0.29) is 4.90 Å². The molecule has 8 nitrogen and oxygen atoms in total. The monoisotopic (exact) mass is 420 g/mol. The molecular weight excluding hydrogens is 396 g/mol. The number of carbonyl (C=O) groups excluding carboxylic acids is 2. The fourth-order valence-corrected chi connectivity index (χ4v) is 3.30. The van der Waals surface area contributed by atoms with E-state index in [1.54, 1.807) is 12.1 Å². The lowest BCUT2D eigenvalue weighted by Crippen LogP contribution is -2.32. The van der Waals surface area contributed by atoms with Crippen molar-refractivity contribution in [1.29, 1.82) is 0 Å². The minimum absolute atomic E-state index is 0.0127. The SMILES string of the molecule is CCOc1ccc(S(=O)(=O)NCC(=O)OCC(=O)Nc2ccc(C)c(C)c2)cc1. The molecule has 2 N–H and O–H groups in total. The molecule has 9 heteroatoms. The molecule has 2 rings (SSSR count). The number of sulfonamides is 1. The van der Waals surface area contributed by atoms with Crippen LogP contribution >= 0.6 is 0 Å². The van der Waals surface area contributed by atoms with Gasteiger partial charge in [-0.05, 0) is 68.3 Å². The van der Waals surface area contributed by atoms with E-state index in [1.165, 1.54) is 24.3 Å². The number of hydrogen-bond acceptors (Lipinski definition) is 6. The third-order valence-corrected chi connectivity index (χ3v) is 5.42. The number of amides is 1. The van der Waals surface area contributed by atoms with Crippen LogP contribution in [-0.4, -0.2) is 40.1 Å². The van der Waals surface area contributed by atoms with Crippen LogP contribution in [0.25, 0.3) is 0 Å². The van der Waals surface area contributed by atoms with Crippen LogP contribution in [0.4, 0.5) is 5.69 Å². The first kappa shape index (κ1) is 22.4. The van der Waals surface area contributed by atoms with Crippen molar-refractivity contribution in [2.75, 3.05) is 25.1 Å². The minimum atomic E-state index is -3.89. The van der Waals surface area contributed by atoms with Crippen LogP contribution in [-0.2, 0) is 24.3 Å². The molecule has 29 heavy (non-hydrogen) atoms. The molecular formula is C20H24N2O6S. The van der Waals surface area contributed by atoms with Gasteiger partial charge in [-0.15, -0.1) is 0 Å². The van der Waals surface area contributed by atoms with Gasteiger partial charge in [0.25, 0.3) is 5.91 Å². The predicted molar refractivity (Wildman–Crippen MR) is 108 cm³/mol. The Morgan fingerprint density at radius 3 is 2.31 bits per heavy atom. The summed E-state index contributed by atoms with van der Waals surface area (Å²) in [5, 5.41) is 2.61. The van der Waals surface area contributed by atoms with Gasteiger partial charge in [0.05, 0.1) is 11.5 Å². The second kappa shape index (κ2) is 10.0. The molecule has 156 valence electrons. The Balaban J connectivity index is 1.80. The Morgan fingerprint density at radius 1 is 1.00 bits per heavy atom. The zero-order valence-electron chi connectivity index (χ0n) is 16.5. The fraction of sp³-hybridized carbons (Fsp3) is 0.300. The fourth-order valence-electron chi connectivity index (χ4n) is 2.33. The molecule has 0 saturated heterocycles. The van der Waals surface area contributed by atoms with Crippen LogP contribution in [0.5, 0.6) is 5.75 Å². The van der Waals surface area contributed by atoms with E-state index in [4.69, 9.17) is 9.47 Å². The van der Waals surface area contributed by atoms with Gasteiger partial charge in [-0.2, -0.15) is 4.72 Å². The molecule has 0 fully saturated rings. The Morgan fingerprint density at radius 2 is 1.69 bits per heavy atom. The molecule has 0 unspecified atom stereocenters. The van der Waals surface area contributed by atoms with Gasteiger partial charge in [0.1, 0.15) is 12.3 Å². The maximum atomic E-state index is 12.2. The number of nitrogens with one attached hydrogen (secondary N) is 2. The maximum absolute atomic E-state index is 12.2. The summed E-state index contributed by atoms with van der Waals surface area (Å²) >= 11 is 0. The molecule has 0 aliphatic rings. The second-order valence-electron chi connectivity index (χ2n) is 6.24. The Labute approximate surface area is 170 Å². The molecule has 0 aliphatic heterocycles. The topological polar surface area (TPSA) is 111 Å². The molecule has 0 radical (unpaired) electrons. The van der Waals surface area contributed by atoms with Crippen molar-refractivity contribution in [3.05, 3.63) is 53.6 Å². The molecule has 0 aliphatic carbocycles. The van der Waals surface area contributed by atoms with Crippen molar-refractivity contribution in [2.24, 2.45) is 0 Å². The quantitative estimate of drug-likeness (QED) is 0.602. The molecule has 0 saturated carbocycles. The molecule has 2 aromatic rings. The summed E-state index contributed by atoms with van der Waals surface area (Å²) in [6.07, 6.45) is 0. The molecule has 0 spiro atoms. The van der Waals surface area contributed by atoms with E-state index in [2.05, 4.69) is 10.0 Å². The van der Waals surface area contributed by atoms with E-state index in [9.17, 15) is 18.0 Å². The summed E-state index contributed by atoms with van der Waals surface area (Å²) in [6, 6.07) is 11.2. The zero-order valence-corrected chi connectivity index (χ0v) is 17.3. The highest BCUT2D eigenvalue weighted by Crippen LogP contribution is 2.16. The van der Waals surface area contributed by atoms with Gasteiger partial charge in [0, 0.05) is 5.69 Å². The normalized spacial score (nSPS) is 11.0. The van der Waals surface area contributed by atoms with E-state index in [0.717, 1.165) is 11.1 Å². The molecule has 0 bridgehead atoms. The first-order valence-electron chi connectivity index (χ1n) is 8.96. The molecule has 0 heterocycles. The summed E-state index contributed by atoms with van der Waals surface area (Å²) in [4.78, 5) is 23.6. The number of anilines is 1. The van der Waals surface area contributed by atoms with E-state index < -0.39 is 35.1 Å². The van der Waals surface area contributed by atoms with Crippen molar-refractivity contribution in [3.8, 4) is 5.75 Å². The third kappa shape index (κ3) is 6.88. The van der Waals surface area contributed by atoms with Crippen LogP contribution in [0.3, 0.4) is 0 Å². The van der Waals surface area contributed by atoms with Crippen molar-refractivity contribution in [1.82, 2.24) is 4.72 Å². The van der Waals surface area contributed by atoms with Gasteiger partial charge in [0.2, 0.25) is 10.0 Å². The Hall–Kier alpha value is -2.91. The van der Waals surface area contributed by atoms with Gasteiger partial charge in [0.15, 0.2) is 6.61 Å². The number of rotatable bonds is 9. The van der Waals surface area contributed by atoms with Crippen LogP contribution in [0, 0.1) is 13.8 Å². The molecule has 0 atom stereocenters. The number of esters is 1. The van der Waals surface area contributed by atoms with Crippen LogP contribution in [0.15, 0.2) is 47.4 Å². The number of carbonyl (C=O) groups is 2. The zero-order chi connectivity index (χ0) is 21.4. The van der Waals surface area contributed by atoms with Crippen LogP contribution in [0.2, 0.25) is 0 Å². The first-order valence-corrected chi connectivity index (χ1v) is 10.4. The van der Waals surface area contributed by atoms with Crippen molar-refractivity contribution >= 4 is 27.6 Å². The van der Waals surface area contributed by atoms with E-state index >= 15 is 0 Å². The summed E-state index contributed by atoms with van der Waals surface area (Å²) in [7, 11) is -3.89. The number of hydrogen-bond donors (Lipinski definition) is 2. The highest BCUT2D eigenvalue weighted by molar-refractivity contribution is 7.89. The number of aryl methyl sites for hydroxylation is 2. The van der Waals surface area contributed by atoms with Gasteiger partial charge in [-0.25, -0.2) is 8.42 Å². The van der Waals surface area contributed by atoms with Crippen molar-refractivity contribution in [3.63, 3.8) is 0 Å². The van der Waals surface area contributed by atoms with Crippen LogP contribution < -0.4 is 14.8 Å². The average Bonchev–Trinajstić information content (AvgIpc) is 2.68. The first-order chi connectivity index (χ1) is 13.7. The lowest BCUT2D eigenvalue weighted by Gasteiger charge is -2.09. The number of ether oxygens (including phenoxy) is 2. The lowest BCUT2D eigenvalue weighted by molar-refractivity contribution is -0.146. The predicted octanol–water partition coefficient (Wildman–Crippen LogP) is 2.16. The summed E-state index contributed by atoms with van der Waals surface area (Å²) < 4.78 is 36.6. The molecule has 1 amide bonds. The van der Waals surface area contributed by atoms with Gasteiger partial charge in [-0.3, -0.25) is 9.59 Å². The standard InChI is InChI=1S/C20H24N2O6S/c1-4-27-17-7-9-18(10-8-17)29(25,26)21-12-20(24)28-13-19(23)22-16-6-5-14(2)15(3)11-16/h5-11,21H,4,12-13H2,1-3H3,(H,22,23). The van der Waals surface area contributed by atoms with Gasteiger partial charge in [-0.1, -0.05) is 6.07 Å². The van der Waals surface area contributed by atoms with E-state index in [1.807, 2.05) is 26.8 Å². The van der Waals surface area contributed by atoms with Crippen molar-refractivity contribution in [2.45, 2.75) is 25.7 Å². The number of benzene rings is 2. The largest absolute Gasteiger partial charge is 0.494 e. The molecule has 0 aromatic heterocycles. The maximum Gasteiger partial charge on any atom is 0.321 e. The lowest BCUT2D eigenvalue weighted by atomic mass is 10.1. The van der Waals surface area contributed by atoms with Gasteiger partial charge < -0.3 is 14.8 Å². The summed E-state index contributed by atoms with van der Waals surface area (Å²) in [5.41, 5.74) is 2.70. The Bertz CT molecular complexity index is 971. The van der Waals surface area contributed by atoms with Crippen LogP contribution in [0.1, 0.15) is 18.1 Å². The average molecular weight is 420 g/mol. The summed E-state index contributed by atoms with van der Waals surface area (Å²) in [6.45, 7) is 5.05. The van der Waals surface area contributed by atoms with Crippen molar-refractivity contribution < 1.29 is 27.5 Å². The highest BCUT2D eigenvalue weighted by Gasteiger charge is 2.17. The van der Waals surface area contributed by atoms with E-state index in [0.29, 0.717) is 18.0 Å².